The zero-order chi connectivity index (χ0) is 12.8. The highest BCUT2D eigenvalue weighted by atomic mass is 32.2. The molecule has 94 valence electrons. The first kappa shape index (κ1) is 14.1. The summed E-state index contributed by atoms with van der Waals surface area (Å²) in [5.74, 6) is 0.562. The standard InChI is InChI=1S/C14H21NOS/c1-5-10(2)12-6-7-13(15-4)14(8-12)17-11(3)9-16/h6-11,15H,5H2,1-4H3. The summed E-state index contributed by atoms with van der Waals surface area (Å²) < 4.78 is 0. The van der Waals surface area contributed by atoms with E-state index in [-0.39, 0.29) is 5.25 Å². The Kier molecular flexibility index (Phi) is 5.56. The first-order valence-electron chi connectivity index (χ1n) is 6.06. The number of aldehydes is 1. The third kappa shape index (κ3) is 3.77. The predicted molar refractivity (Wildman–Crippen MR) is 76.1 cm³/mol. The maximum absolute atomic E-state index is 10.7. The molecule has 1 N–H and O–H groups in total. The Bertz CT molecular complexity index is 378. The lowest BCUT2D eigenvalue weighted by Crippen LogP contribution is -2.00. The molecule has 0 spiro atoms. The van der Waals surface area contributed by atoms with E-state index in [4.69, 9.17) is 0 Å². The van der Waals surface area contributed by atoms with Crippen molar-refractivity contribution >= 4 is 23.7 Å². The van der Waals surface area contributed by atoms with Crippen LogP contribution in [-0.4, -0.2) is 18.6 Å². The smallest absolute Gasteiger partial charge is 0.133 e. The average molecular weight is 251 g/mol. The molecule has 1 aromatic rings. The summed E-state index contributed by atoms with van der Waals surface area (Å²) in [4.78, 5) is 11.9. The van der Waals surface area contributed by atoms with E-state index in [1.807, 2.05) is 14.0 Å². The SMILES string of the molecule is CCC(C)c1ccc(NC)c(SC(C)C=O)c1. The Hall–Kier alpha value is -0.960. The molecule has 0 heterocycles. The molecule has 0 saturated heterocycles. The van der Waals surface area contributed by atoms with Gasteiger partial charge in [0.25, 0.3) is 0 Å². The van der Waals surface area contributed by atoms with Gasteiger partial charge in [0.15, 0.2) is 0 Å². The summed E-state index contributed by atoms with van der Waals surface area (Å²) in [6.07, 6.45) is 2.12. The molecule has 0 saturated carbocycles. The topological polar surface area (TPSA) is 29.1 Å². The minimum Gasteiger partial charge on any atom is -0.387 e. The summed E-state index contributed by atoms with van der Waals surface area (Å²) in [6.45, 7) is 6.34. The van der Waals surface area contributed by atoms with E-state index in [2.05, 4.69) is 37.4 Å². The van der Waals surface area contributed by atoms with Gasteiger partial charge < -0.3 is 10.1 Å². The molecule has 0 bridgehead atoms. The van der Waals surface area contributed by atoms with Crippen LogP contribution in [0, 0.1) is 0 Å². The van der Waals surface area contributed by atoms with Crippen LogP contribution in [0.5, 0.6) is 0 Å². The summed E-state index contributed by atoms with van der Waals surface area (Å²) in [5.41, 5.74) is 2.43. The minimum absolute atomic E-state index is 0.00529. The molecule has 0 fully saturated rings. The van der Waals surface area contributed by atoms with E-state index >= 15 is 0 Å². The fourth-order valence-electron chi connectivity index (χ4n) is 1.61. The van der Waals surface area contributed by atoms with Gasteiger partial charge in [0.1, 0.15) is 6.29 Å². The number of carbonyl (C=O) groups is 1. The highest BCUT2D eigenvalue weighted by Gasteiger charge is 2.10. The summed E-state index contributed by atoms with van der Waals surface area (Å²) in [5, 5.41) is 3.17. The van der Waals surface area contributed by atoms with Gasteiger partial charge in [-0.15, -0.1) is 11.8 Å². The summed E-state index contributed by atoms with van der Waals surface area (Å²) in [6, 6.07) is 6.46. The summed E-state index contributed by atoms with van der Waals surface area (Å²) in [7, 11) is 1.91. The molecule has 0 radical (unpaired) electrons. The Morgan fingerprint density at radius 3 is 2.65 bits per heavy atom. The first-order chi connectivity index (χ1) is 8.12. The molecule has 17 heavy (non-hydrogen) atoms. The van der Waals surface area contributed by atoms with Crippen molar-refractivity contribution in [3.63, 3.8) is 0 Å². The third-order valence-corrected chi connectivity index (χ3v) is 4.04. The number of rotatable bonds is 6. The van der Waals surface area contributed by atoms with Gasteiger partial charge in [0.2, 0.25) is 0 Å². The molecule has 0 amide bonds. The van der Waals surface area contributed by atoms with Crippen LogP contribution in [-0.2, 0) is 4.79 Å². The van der Waals surface area contributed by atoms with Crippen molar-refractivity contribution in [3.05, 3.63) is 23.8 Å². The van der Waals surface area contributed by atoms with Crippen LogP contribution in [0.25, 0.3) is 0 Å². The molecule has 2 unspecified atom stereocenters. The Labute approximate surface area is 108 Å². The van der Waals surface area contributed by atoms with Crippen LogP contribution >= 0.6 is 11.8 Å². The molecule has 1 aromatic carbocycles. The van der Waals surface area contributed by atoms with Crippen LogP contribution in [0.15, 0.2) is 23.1 Å². The molecule has 0 aliphatic carbocycles. The highest BCUT2D eigenvalue weighted by molar-refractivity contribution is 8.00. The van der Waals surface area contributed by atoms with Crippen LogP contribution in [0.1, 0.15) is 38.7 Å². The van der Waals surface area contributed by atoms with Crippen LogP contribution in [0.4, 0.5) is 5.69 Å². The minimum atomic E-state index is -0.00529. The van der Waals surface area contributed by atoms with Gasteiger partial charge >= 0.3 is 0 Å². The highest BCUT2D eigenvalue weighted by Crippen LogP contribution is 2.33. The van der Waals surface area contributed by atoms with Gasteiger partial charge in [-0.2, -0.15) is 0 Å². The molecule has 0 aromatic heterocycles. The lowest BCUT2D eigenvalue weighted by Gasteiger charge is -2.15. The van der Waals surface area contributed by atoms with E-state index in [1.165, 1.54) is 5.56 Å². The van der Waals surface area contributed by atoms with E-state index in [0.29, 0.717) is 5.92 Å². The van der Waals surface area contributed by atoms with Gasteiger partial charge in [-0.25, -0.2) is 0 Å². The van der Waals surface area contributed by atoms with E-state index < -0.39 is 0 Å². The van der Waals surface area contributed by atoms with E-state index in [9.17, 15) is 4.79 Å². The van der Waals surface area contributed by atoms with Crippen molar-refractivity contribution < 1.29 is 4.79 Å². The number of carbonyl (C=O) groups excluding carboxylic acids is 1. The molecule has 2 atom stereocenters. The lowest BCUT2D eigenvalue weighted by molar-refractivity contribution is -0.107. The van der Waals surface area contributed by atoms with Crippen LogP contribution in [0.2, 0.25) is 0 Å². The zero-order valence-corrected chi connectivity index (χ0v) is 11.8. The van der Waals surface area contributed by atoms with Crippen LogP contribution < -0.4 is 5.32 Å². The normalized spacial score (nSPS) is 14.1. The third-order valence-electron chi connectivity index (χ3n) is 2.96. The fraction of sp³-hybridized carbons (Fsp3) is 0.500. The molecule has 0 aliphatic rings. The monoisotopic (exact) mass is 251 g/mol. The van der Waals surface area contributed by atoms with E-state index in [0.717, 1.165) is 23.3 Å². The van der Waals surface area contributed by atoms with Crippen molar-refractivity contribution in [2.24, 2.45) is 0 Å². The van der Waals surface area contributed by atoms with Gasteiger partial charge in [-0.3, -0.25) is 0 Å². The van der Waals surface area contributed by atoms with Crippen molar-refractivity contribution in [2.75, 3.05) is 12.4 Å². The Morgan fingerprint density at radius 1 is 1.41 bits per heavy atom. The molecular weight excluding hydrogens is 230 g/mol. The largest absolute Gasteiger partial charge is 0.387 e. The second-order valence-corrected chi connectivity index (χ2v) is 5.69. The number of hydrogen-bond acceptors (Lipinski definition) is 3. The predicted octanol–water partition coefficient (Wildman–Crippen LogP) is 3.92. The molecule has 0 aliphatic heterocycles. The van der Waals surface area contributed by atoms with Crippen molar-refractivity contribution in [3.8, 4) is 0 Å². The van der Waals surface area contributed by atoms with Gasteiger partial charge in [0, 0.05) is 17.6 Å². The summed E-state index contributed by atoms with van der Waals surface area (Å²) >= 11 is 1.61. The first-order valence-corrected chi connectivity index (χ1v) is 6.94. The zero-order valence-electron chi connectivity index (χ0n) is 11.0. The average Bonchev–Trinajstić information content (AvgIpc) is 2.37. The second kappa shape index (κ2) is 6.70. The van der Waals surface area contributed by atoms with Gasteiger partial charge in [-0.1, -0.05) is 19.9 Å². The number of nitrogens with one attached hydrogen (secondary N) is 1. The molecular formula is C14H21NOS. The number of hydrogen-bond donors (Lipinski definition) is 1. The fourth-order valence-corrected chi connectivity index (χ4v) is 2.57. The number of benzene rings is 1. The quantitative estimate of drug-likeness (QED) is 0.613. The van der Waals surface area contributed by atoms with Crippen molar-refractivity contribution in [2.45, 2.75) is 43.3 Å². The molecule has 1 rings (SSSR count). The Morgan fingerprint density at radius 2 is 2.12 bits per heavy atom. The van der Waals surface area contributed by atoms with Crippen molar-refractivity contribution in [1.29, 1.82) is 0 Å². The maximum Gasteiger partial charge on any atom is 0.133 e. The Balaban J connectivity index is 3.01. The molecule has 3 heteroatoms. The lowest BCUT2D eigenvalue weighted by atomic mass is 9.98. The second-order valence-electron chi connectivity index (χ2n) is 4.27. The van der Waals surface area contributed by atoms with Gasteiger partial charge in [-0.05, 0) is 37.0 Å². The number of thioether (sulfide) groups is 1. The van der Waals surface area contributed by atoms with Gasteiger partial charge in [0.05, 0.1) is 5.25 Å². The molecule has 2 nitrogen and oxygen atoms in total. The van der Waals surface area contributed by atoms with E-state index in [1.54, 1.807) is 11.8 Å². The van der Waals surface area contributed by atoms with Crippen molar-refractivity contribution in [1.82, 2.24) is 0 Å². The maximum atomic E-state index is 10.7. The number of anilines is 1. The van der Waals surface area contributed by atoms with Crippen LogP contribution in [0.3, 0.4) is 0 Å².